The lowest BCUT2D eigenvalue weighted by molar-refractivity contribution is 0.122. The molecule has 1 aliphatic rings. The van der Waals surface area contributed by atoms with Crippen LogP contribution in [-0.4, -0.2) is 47.0 Å². The number of nitrogens with one attached hydrogen (secondary N) is 1. The summed E-state index contributed by atoms with van der Waals surface area (Å²) in [6.45, 7) is 5.35. The summed E-state index contributed by atoms with van der Waals surface area (Å²) in [6.07, 6.45) is 1.57. The van der Waals surface area contributed by atoms with Crippen molar-refractivity contribution < 1.29 is 14.6 Å². The maximum atomic E-state index is 12.4. The maximum absolute atomic E-state index is 12.4. The third-order valence-corrected chi connectivity index (χ3v) is 5.47. The zero-order valence-electron chi connectivity index (χ0n) is 18.2. The van der Waals surface area contributed by atoms with E-state index in [1.807, 2.05) is 42.5 Å². The first-order chi connectivity index (χ1) is 15.5. The molecule has 1 aliphatic heterocycles. The molecule has 1 aromatic heterocycles. The van der Waals surface area contributed by atoms with Gasteiger partial charge in [-0.3, -0.25) is 5.32 Å². The lowest BCUT2D eigenvalue weighted by atomic mass is 10.0. The Morgan fingerprint density at radius 2 is 2.06 bits per heavy atom. The number of nitrogens with zero attached hydrogens (tertiary/aromatic N) is 3. The van der Waals surface area contributed by atoms with Crippen molar-refractivity contribution in [2.45, 2.75) is 32.3 Å². The van der Waals surface area contributed by atoms with Crippen LogP contribution in [-0.2, 0) is 4.74 Å². The number of benzene rings is 2. The van der Waals surface area contributed by atoms with Gasteiger partial charge in [0.25, 0.3) is 0 Å². The maximum Gasteiger partial charge on any atom is 0.411 e. The second kappa shape index (κ2) is 9.67. The van der Waals surface area contributed by atoms with E-state index < -0.39 is 6.09 Å². The predicted molar refractivity (Wildman–Crippen MR) is 125 cm³/mol. The second-order valence-electron chi connectivity index (χ2n) is 8.05. The smallest absolute Gasteiger partial charge is 0.411 e. The molecule has 0 radical (unpaired) electrons. The first kappa shape index (κ1) is 21.6. The van der Waals surface area contributed by atoms with Gasteiger partial charge in [0, 0.05) is 29.6 Å². The van der Waals surface area contributed by atoms with E-state index in [4.69, 9.17) is 9.84 Å². The van der Waals surface area contributed by atoms with Crippen molar-refractivity contribution in [3.63, 3.8) is 0 Å². The molecule has 3 aromatic rings. The molecule has 4 rings (SSSR count). The van der Waals surface area contributed by atoms with Gasteiger partial charge in [0.05, 0.1) is 12.1 Å². The van der Waals surface area contributed by atoms with Gasteiger partial charge in [0.15, 0.2) is 0 Å². The highest BCUT2D eigenvalue weighted by Crippen LogP contribution is 2.28. The third kappa shape index (κ3) is 4.98. The first-order valence-electron chi connectivity index (χ1n) is 10.7. The zero-order valence-corrected chi connectivity index (χ0v) is 18.2. The van der Waals surface area contributed by atoms with Crippen LogP contribution < -0.4 is 10.2 Å². The summed E-state index contributed by atoms with van der Waals surface area (Å²) in [4.78, 5) is 23.3. The second-order valence-corrected chi connectivity index (χ2v) is 8.05. The first-order valence-corrected chi connectivity index (χ1v) is 10.7. The number of carbonyl (C=O) groups is 1. The van der Waals surface area contributed by atoms with Crippen LogP contribution in [0.5, 0.6) is 0 Å². The Morgan fingerprint density at radius 1 is 1.25 bits per heavy atom. The average molecular weight is 431 g/mol. The number of fused-ring (bicyclic) bond motifs is 1. The Kier molecular flexibility index (Phi) is 6.52. The molecular weight excluding hydrogens is 404 g/mol. The molecule has 2 aromatic carbocycles. The van der Waals surface area contributed by atoms with Gasteiger partial charge in [-0.2, -0.15) is 0 Å². The summed E-state index contributed by atoms with van der Waals surface area (Å²) >= 11 is 0. The van der Waals surface area contributed by atoms with Crippen molar-refractivity contribution in [3.05, 3.63) is 59.9 Å². The van der Waals surface area contributed by atoms with Crippen molar-refractivity contribution >= 4 is 28.5 Å². The Labute approximate surface area is 187 Å². The lowest BCUT2D eigenvalue weighted by Crippen LogP contribution is -2.27. The van der Waals surface area contributed by atoms with E-state index in [2.05, 4.69) is 45.9 Å². The summed E-state index contributed by atoms with van der Waals surface area (Å²) in [6, 6.07) is 13.5. The molecule has 2 heterocycles. The number of carbonyl (C=O) groups excluding carboxylic acids is 1. The van der Waals surface area contributed by atoms with Crippen molar-refractivity contribution in [3.8, 4) is 11.8 Å². The molecule has 7 nitrogen and oxygen atoms in total. The van der Waals surface area contributed by atoms with Gasteiger partial charge < -0.3 is 14.7 Å². The van der Waals surface area contributed by atoms with Crippen LogP contribution in [0, 0.1) is 11.8 Å². The van der Waals surface area contributed by atoms with E-state index in [1.165, 1.54) is 5.56 Å². The molecule has 0 bridgehead atoms. The highest BCUT2D eigenvalue weighted by atomic mass is 16.6. The van der Waals surface area contributed by atoms with Crippen LogP contribution in [0.25, 0.3) is 10.9 Å². The minimum absolute atomic E-state index is 0.189. The number of hydrogen-bond donors (Lipinski definition) is 2. The number of aromatic nitrogens is 2. The number of rotatable bonds is 4. The number of hydrogen-bond acceptors (Lipinski definition) is 6. The molecule has 1 saturated heterocycles. The molecular formula is C25H26N4O3. The van der Waals surface area contributed by atoms with Gasteiger partial charge in [-0.15, -0.1) is 0 Å². The van der Waals surface area contributed by atoms with Gasteiger partial charge in [-0.1, -0.05) is 37.8 Å². The van der Waals surface area contributed by atoms with Gasteiger partial charge in [0.2, 0.25) is 0 Å². The molecule has 2 N–H and O–H groups in total. The van der Waals surface area contributed by atoms with Crippen molar-refractivity contribution in [2.24, 2.45) is 0 Å². The molecule has 7 heteroatoms. The van der Waals surface area contributed by atoms with Crippen LogP contribution in [0.3, 0.4) is 0 Å². The number of aliphatic hydroxyl groups excluding tert-OH is 1. The standard InChI is InChI=1S/C25H26N4O3/c1-17(2)19-6-8-20(9-7-19)28-25(31)32-21-11-12-29(15-21)24-22-14-18(4-3-13-30)5-10-23(22)26-16-27-24/h5-10,14,16-17,21,30H,11-13,15H2,1-2H3,(H,28,31). The largest absolute Gasteiger partial charge is 0.444 e. The molecule has 0 spiro atoms. The van der Waals surface area contributed by atoms with E-state index in [-0.39, 0.29) is 12.7 Å². The van der Waals surface area contributed by atoms with Gasteiger partial charge in [-0.25, -0.2) is 14.8 Å². The van der Waals surface area contributed by atoms with E-state index >= 15 is 0 Å². The third-order valence-electron chi connectivity index (χ3n) is 5.47. The minimum atomic E-state index is -0.455. The number of anilines is 2. The van der Waals surface area contributed by atoms with E-state index in [0.717, 1.165) is 35.2 Å². The fraction of sp³-hybridized carbons (Fsp3) is 0.320. The van der Waals surface area contributed by atoms with E-state index in [9.17, 15) is 4.79 Å². The molecule has 32 heavy (non-hydrogen) atoms. The Hall–Kier alpha value is -3.63. The van der Waals surface area contributed by atoms with Gasteiger partial charge in [-0.05, 0) is 41.8 Å². The number of amides is 1. The van der Waals surface area contributed by atoms with E-state index in [1.54, 1.807) is 6.33 Å². The minimum Gasteiger partial charge on any atom is -0.444 e. The molecule has 0 aliphatic carbocycles. The molecule has 0 saturated carbocycles. The van der Waals surface area contributed by atoms with Crippen LogP contribution >= 0.6 is 0 Å². The molecule has 1 amide bonds. The van der Waals surface area contributed by atoms with Crippen LogP contribution in [0.4, 0.5) is 16.3 Å². The molecule has 1 unspecified atom stereocenters. The van der Waals surface area contributed by atoms with Gasteiger partial charge in [0.1, 0.15) is 24.9 Å². The highest BCUT2D eigenvalue weighted by Gasteiger charge is 2.28. The monoisotopic (exact) mass is 430 g/mol. The fourth-order valence-electron chi connectivity index (χ4n) is 3.78. The summed E-state index contributed by atoms with van der Waals surface area (Å²) in [7, 11) is 0. The van der Waals surface area contributed by atoms with Crippen molar-refractivity contribution in [2.75, 3.05) is 29.9 Å². The average Bonchev–Trinajstić information content (AvgIpc) is 3.25. The van der Waals surface area contributed by atoms with E-state index in [0.29, 0.717) is 18.2 Å². The Balaban J connectivity index is 1.42. The summed E-state index contributed by atoms with van der Waals surface area (Å²) in [5, 5.41) is 12.6. The quantitative estimate of drug-likeness (QED) is 0.610. The topological polar surface area (TPSA) is 87.6 Å². The number of aliphatic hydroxyl groups is 1. The molecule has 1 fully saturated rings. The zero-order chi connectivity index (χ0) is 22.5. The fourth-order valence-corrected chi connectivity index (χ4v) is 3.78. The summed E-state index contributed by atoms with van der Waals surface area (Å²) in [5.74, 6) is 6.81. The van der Waals surface area contributed by atoms with Crippen molar-refractivity contribution in [1.29, 1.82) is 0 Å². The normalized spacial score (nSPS) is 15.5. The van der Waals surface area contributed by atoms with Crippen LogP contribution in [0.15, 0.2) is 48.8 Å². The number of ether oxygens (including phenoxy) is 1. The Bertz CT molecular complexity index is 1170. The van der Waals surface area contributed by atoms with Crippen LogP contribution in [0.1, 0.15) is 37.3 Å². The molecule has 164 valence electrons. The summed E-state index contributed by atoms with van der Waals surface area (Å²) < 4.78 is 5.65. The van der Waals surface area contributed by atoms with Crippen LogP contribution in [0.2, 0.25) is 0 Å². The highest BCUT2D eigenvalue weighted by molar-refractivity contribution is 5.90. The summed E-state index contributed by atoms with van der Waals surface area (Å²) in [5.41, 5.74) is 3.54. The molecule has 1 atom stereocenters. The van der Waals surface area contributed by atoms with Crippen molar-refractivity contribution in [1.82, 2.24) is 9.97 Å². The lowest BCUT2D eigenvalue weighted by Gasteiger charge is -2.19. The predicted octanol–water partition coefficient (Wildman–Crippen LogP) is 3.92. The Morgan fingerprint density at radius 3 is 2.81 bits per heavy atom. The van der Waals surface area contributed by atoms with Gasteiger partial charge >= 0.3 is 6.09 Å². The SMILES string of the molecule is CC(C)c1ccc(NC(=O)OC2CCN(c3ncnc4ccc(C#CCO)cc34)C2)cc1.